The van der Waals surface area contributed by atoms with E-state index in [0.29, 0.717) is 0 Å². The van der Waals surface area contributed by atoms with Crippen LogP contribution in [0.4, 0.5) is 4.39 Å². The van der Waals surface area contributed by atoms with Gasteiger partial charge in [0.05, 0.1) is 23.4 Å². The molecule has 1 aliphatic rings. The molecule has 140 valence electrons. The van der Waals surface area contributed by atoms with Crippen molar-refractivity contribution in [2.75, 3.05) is 6.54 Å². The Morgan fingerprint density at radius 2 is 1.93 bits per heavy atom. The molecule has 2 aromatic carbocycles. The lowest BCUT2D eigenvalue weighted by Gasteiger charge is -2.25. The number of likely N-dealkylation sites (tertiary alicyclic amines) is 1. The van der Waals surface area contributed by atoms with Crippen molar-refractivity contribution in [1.82, 2.24) is 20.1 Å². The summed E-state index contributed by atoms with van der Waals surface area (Å²) < 4.78 is 13.3. The Bertz CT molecular complexity index is 1100. The number of nitrogens with zero attached hydrogens (tertiary/aromatic N) is 3. The van der Waals surface area contributed by atoms with Gasteiger partial charge in [-0.15, -0.1) is 0 Å². The molecule has 2 aromatic heterocycles. The second-order valence-corrected chi connectivity index (χ2v) is 7.32. The van der Waals surface area contributed by atoms with Crippen LogP contribution in [0.5, 0.6) is 0 Å². The minimum absolute atomic E-state index is 0.221. The summed E-state index contributed by atoms with van der Waals surface area (Å²) in [6.45, 7) is 1.92. The fourth-order valence-corrected chi connectivity index (χ4v) is 4.26. The molecule has 1 fully saturated rings. The molecule has 4 aromatic rings. The van der Waals surface area contributed by atoms with Gasteiger partial charge in [0, 0.05) is 23.7 Å². The number of H-pyrrole nitrogens is 1. The van der Waals surface area contributed by atoms with E-state index in [9.17, 15) is 4.39 Å². The molecule has 28 heavy (non-hydrogen) atoms. The third-order valence-corrected chi connectivity index (χ3v) is 5.63. The molecule has 0 spiro atoms. The monoisotopic (exact) mass is 372 g/mol. The molecule has 0 radical (unpaired) electrons. The fourth-order valence-electron chi connectivity index (χ4n) is 4.26. The zero-order valence-electron chi connectivity index (χ0n) is 15.5. The Morgan fingerprint density at radius 3 is 2.82 bits per heavy atom. The number of rotatable bonds is 4. The van der Waals surface area contributed by atoms with Crippen molar-refractivity contribution in [3.63, 3.8) is 0 Å². The molecule has 1 N–H and O–H groups in total. The second-order valence-electron chi connectivity index (χ2n) is 7.32. The zero-order chi connectivity index (χ0) is 18.9. The number of nitrogens with one attached hydrogen (secondary N) is 1. The molecule has 0 bridgehead atoms. The van der Waals surface area contributed by atoms with E-state index >= 15 is 0 Å². The summed E-state index contributed by atoms with van der Waals surface area (Å²) >= 11 is 0. The van der Waals surface area contributed by atoms with E-state index in [0.717, 1.165) is 48.3 Å². The highest BCUT2D eigenvalue weighted by atomic mass is 19.1. The van der Waals surface area contributed by atoms with Gasteiger partial charge >= 0.3 is 0 Å². The lowest BCUT2D eigenvalue weighted by atomic mass is 10.0. The van der Waals surface area contributed by atoms with Crippen molar-refractivity contribution in [2.24, 2.45) is 0 Å². The highest BCUT2D eigenvalue weighted by Crippen LogP contribution is 2.37. The number of pyridine rings is 1. The smallest absolute Gasteiger partial charge is 0.123 e. The van der Waals surface area contributed by atoms with Gasteiger partial charge in [-0.1, -0.05) is 30.3 Å². The number of aromatic amines is 1. The molecule has 1 atom stereocenters. The highest BCUT2D eigenvalue weighted by molar-refractivity contribution is 5.81. The van der Waals surface area contributed by atoms with Crippen LogP contribution in [0, 0.1) is 5.82 Å². The maximum Gasteiger partial charge on any atom is 0.123 e. The van der Waals surface area contributed by atoms with Crippen molar-refractivity contribution in [1.29, 1.82) is 0 Å². The molecule has 1 saturated heterocycles. The van der Waals surface area contributed by atoms with Crippen molar-refractivity contribution < 1.29 is 4.39 Å². The zero-order valence-corrected chi connectivity index (χ0v) is 15.5. The van der Waals surface area contributed by atoms with Crippen molar-refractivity contribution in [3.05, 3.63) is 84.1 Å². The standard InChI is InChI=1S/C23H21FN4/c24-18-9-7-16(8-10-18)20-14-26-27-23(20)22-6-3-13-28(22)15-17-11-12-25-21-5-2-1-4-19(17)21/h1-2,4-5,7-12,14,22H,3,6,13,15H2,(H,26,27)/t22-/m1/s1. The van der Waals surface area contributed by atoms with Gasteiger partial charge in [-0.2, -0.15) is 5.10 Å². The number of hydrogen-bond acceptors (Lipinski definition) is 3. The van der Waals surface area contributed by atoms with E-state index in [2.05, 4.69) is 44.3 Å². The Labute approximate surface area is 163 Å². The first-order chi connectivity index (χ1) is 13.8. The normalized spacial score (nSPS) is 17.4. The minimum Gasteiger partial charge on any atom is -0.290 e. The SMILES string of the molecule is Fc1ccc(-c2cn[nH]c2[C@H]2CCCN2Cc2ccnc3ccccc23)cc1. The van der Waals surface area contributed by atoms with Gasteiger partial charge in [0.1, 0.15) is 5.82 Å². The van der Waals surface area contributed by atoms with Crippen LogP contribution in [-0.2, 0) is 6.54 Å². The molecule has 5 rings (SSSR count). The molecule has 0 saturated carbocycles. The van der Waals surface area contributed by atoms with Gasteiger partial charge in [0.15, 0.2) is 0 Å². The van der Waals surface area contributed by atoms with Gasteiger partial charge in [-0.25, -0.2) is 4.39 Å². The molecule has 5 heteroatoms. The van der Waals surface area contributed by atoms with Crippen LogP contribution in [0.2, 0.25) is 0 Å². The summed E-state index contributed by atoms with van der Waals surface area (Å²) in [4.78, 5) is 6.98. The van der Waals surface area contributed by atoms with Crippen LogP contribution in [0.3, 0.4) is 0 Å². The Morgan fingerprint density at radius 1 is 1.07 bits per heavy atom. The third-order valence-electron chi connectivity index (χ3n) is 5.63. The Hall–Kier alpha value is -3.05. The maximum atomic E-state index is 13.3. The van der Waals surface area contributed by atoms with Crippen molar-refractivity contribution in [3.8, 4) is 11.1 Å². The number of benzene rings is 2. The molecular formula is C23H21FN4. The summed E-state index contributed by atoms with van der Waals surface area (Å²) in [6.07, 6.45) is 5.97. The summed E-state index contributed by atoms with van der Waals surface area (Å²) in [5, 5.41) is 8.72. The number of halogens is 1. The largest absolute Gasteiger partial charge is 0.290 e. The highest BCUT2D eigenvalue weighted by Gasteiger charge is 2.29. The Kier molecular flexibility index (Phi) is 4.37. The lowest BCUT2D eigenvalue weighted by Crippen LogP contribution is -2.23. The molecule has 0 unspecified atom stereocenters. The van der Waals surface area contributed by atoms with Crippen LogP contribution in [0.15, 0.2) is 67.0 Å². The number of aromatic nitrogens is 3. The second kappa shape index (κ2) is 7.17. The van der Waals surface area contributed by atoms with Crippen LogP contribution < -0.4 is 0 Å². The summed E-state index contributed by atoms with van der Waals surface area (Å²) in [7, 11) is 0. The van der Waals surface area contributed by atoms with Gasteiger partial charge in [0.25, 0.3) is 0 Å². The van der Waals surface area contributed by atoms with Crippen molar-refractivity contribution >= 4 is 10.9 Å². The predicted octanol–water partition coefficient (Wildman–Crippen LogP) is 5.10. The topological polar surface area (TPSA) is 44.8 Å². The summed E-state index contributed by atoms with van der Waals surface area (Å²) in [6, 6.07) is 17.3. The number of hydrogen-bond donors (Lipinski definition) is 1. The molecular weight excluding hydrogens is 351 g/mol. The number of fused-ring (bicyclic) bond motifs is 1. The summed E-state index contributed by atoms with van der Waals surface area (Å²) in [5.74, 6) is -0.221. The first kappa shape index (κ1) is 17.1. The fraction of sp³-hybridized carbons (Fsp3) is 0.217. The van der Waals surface area contributed by atoms with E-state index in [-0.39, 0.29) is 11.9 Å². The van der Waals surface area contributed by atoms with Gasteiger partial charge < -0.3 is 0 Å². The Balaban J connectivity index is 1.47. The maximum absolute atomic E-state index is 13.3. The van der Waals surface area contributed by atoms with Gasteiger partial charge in [-0.05, 0) is 54.8 Å². The van der Waals surface area contributed by atoms with Crippen molar-refractivity contribution in [2.45, 2.75) is 25.4 Å². The molecule has 0 aliphatic carbocycles. The van der Waals surface area contributed by atoms with Crippen LogP contribution in [-0.4, -0.2) is 26.6 Å². The van der Waals surface area contributed by atoms with E-state index in [4.69, 9.17) is 0 Å². The predicted molar refractivity (Wildman–Crippen MR) is 108 cm³/mol. The molecule has 3 heterocycles. The van der Waals surface area contributed by atoms with Gasteiger partial charge in [-0.3, -0.25) is 15.0 Å². The van der Waals surface area contributed by atoms with E-state index < -0.39 is 0 Å². The number of para-hydroxylation sites is 1. The molecule has 0 amide bonds. The molecule has 1 aliphatic heterocycles. The quantitative estimate of drug-likeness (QED) is 0.542. The lowest BCUT2D eigenvalue weighted by molar-refractivity contribution is 0.245. The molecule has 4 nitrogen and oxygen atoms in total. The summed E-state index contributed by atoms with van der Waals surface area (Å²) in [5.41, 5.74) is 5.48. The van der Waals surface area contributed by atoms with Crippen LogP contribution in [0.25, 0.3) is 22.0 Å². The minimum atomic E-state index is -0.221. The van der Waals surface area contributed by atoms with E-state index in [1.54, 1.807) is 0 Å². The third kappa shape index (κ3) is 3.08. The van der Waals surface area contributed by atoms with E-state index in [1.165, 1.54) is 23.1 Å². The van der Waals surface area contributed by atoms with Crippen LogP contribution >= 0.6 is 0 Å². The first-order valence-corrected chi connectivity index (χ1v) is 9.65. The first-order valence-electron chi connectivity index (χ1n) is 9.65. The average Bonchev–Trinajstić information content (AvgIpc) is 3.38. The van der Waals surface area contributed by atoms with E-state index in [1.807, 2.05) is 30.6 Å². The van der Waals surface area contributed by atoms with Gasteiger partial charge in [0.2, 0.25) is 0 Å². The van der Waals surface area contributed by atoms with Crippen LogP contribution in [0.1, 0.15) is 30.1 Å². The average molecular weight is 372 g/mol.